The van der Waals surface area contributed by atoms with Gasteiger partial charge in [0, 0.05) is 11.5 Å². The number of hydrogen-bond donors (Lipinski definition) is 1. The molecule has 1 unspecified atom stereocenters. The van der Waals surface area contributed by atoms with Gasteiger partial charge in [-0.25, -0.2) is 9.37 Å². The van der Waals surface area contributed by atoms with Gasteiger partial charge < -0.3 is 14.4 Å². The number of imidazole rings is 1. The fourth-order valence-corrected chi connectivity index (χ4v) is 2.59. The first kappa shape index (κ1) is 14.9. The highest BCUT2D eigenvalue weighted by molar-refractivity contribution is 9.10. The molecule has 0 bridgehead atoms. The minimum Gasteiger partial charge on any atom is -0.488 e. The maximum Gasteiger partial charge on any atom is 0.146 e. The van der Waals surface area contributed by atoms with Gasteiger partial charge in [0.25, 0.3) is 0 Å². The van der Waals surface area contributed by atoms with E-state index in [4.69, 9.17) is 4.74 Å². The summed E-state index contributed by atoms with van der Waals surface area (Å²) in [5, 5.41) is 10.1. The van der Waals surface area contributed by atoms with Crippen molar-refractivity contribution >= 4 is 27.0 Å². The van der Waals surface area contributed by atoms with Gasteiger partial charge in [0.1, 0.15) is 29.8 Å². The maximum atomic E-state index is 12.8. The number of aryl methyl sites for hydroxylation is 1. The van der Waals surface area contributed by atoms with Crippen LogP contribution >= 0.6 is 15.9 Å². The lowest BCUT2D eigenvalue weighted by atomic mass is 10.2. The highest BCUT2D eigenvalue weighted by Gasteiger charge is 2.14. The number of hydrogen-bond acceptors (Lipinski definition) is 4. The van der Waals surface area contributed by atoms with Crippen LogP contribution in [-0.4, -0.2) is 26.2 Å². The highest BCUT2D eigenvalue weighted by Crippen LogP contribution is 2.29. The lowest BCUT2D eigenvalue weighted by Gasteiger charge is -2.13. The Morgan fingerprint density at radius 2 is 2.18 bits per heavy atom. The fourth-order valence-electron chi connectivity index (χ4n) is 2.17. The largest absolute Gasteiger partial charge is 0.488 e. The zero-order chi connectivity index (χ0) is 15.7. The molecular weight excluding hydrogens is 353 g/mol. The average molecular weight is 366 g/mol. The minimum atomic E-state index is -0.942. The van der Waals surface area contributed by atoms with Crippen LogP contribution in [0, 0.1) is 5.82 Å². The third-order valence-corrected chi connectivity index (χ3v) is 3.69. The highest BCUT2D eigenvalue weighted by atomic mass is 79.9. The van der Waals surface area contributed by atoms with E-state index in [1.807, 2.05) is 23.7 Å². The third-order valence-electron chi connectivity index (χ3n) is 3.23. The topological polar surface area (TPSA) is 60.2 Å². The van der Waals surface area contributed by atoms with E-state index in [9.17, 15) is 9.50 Å². The van der Waals surface area contributed by atoms with Crippen molar-refractivity contribution in [1.82, 2.24) is 14.5 Å². The number of nitrogens with zero attached hydrogens (tertiary/aromatic N) is 3. The van der Waals surface area contributed by atoms with Crippen molar-refractivity contribution in [3.63, 3.8) is 0 Å². The van der Waals surface area contributed by atoms with E-state index < -0.39 is 11.9 Å². The Balaban J connectivity index is 1.81. The minimum absolute atomic E-state index is 0.00929. The second kappa shape index (κ2) is 6.02. The van der Waals surface area contributed by atoms with E-state index in [-0.39, 0.29) is 6.61 Å². The Morgan fingerprint density at radius 3 is 2.91 bits per heavy atom. The summed E-state index contributed by atoms with van der Waals surface area (Å²) >= 11 is 3.41. The van der Waals surface area contributed by atoms with Gasteiger partial charge >= 0.3 is 0 Å². The molecule has 0 aliphatic heterocycles. The first-order valence-corrected chi connectivity index (χ1v) is 7.37. The molecular formula is C15H13BrFN3O2. The summed E-state index contributed by atoms with van der Waals surface area (Å²) in [7, 11) is 1.87. The predicted octanol–water partition coefficient (Wildman–Crippen LogP) is 2.98. The van der Waals surface area contributed by atoms with Crippen LogP contribution in [0.25, 0.3) is 11.0 Å². The maximum absolute atomic E-state index is 12.8. The molecule has 2 heterocycles. The van der Waals surface area contributed by atoms with E-state index in [0.29, 0.717) is 11.4 Å². The molecule has 0 radical (unpaired) electrons. The molecule has 0 aliphatic rings. The molecule has 0 spiro atoms. The number of pyridine rings is 1. The number of halogens is 2. The molecule has 3 rings (SSSR count). The number of ether oxygens (including phenoxy) is 1. The molecule has 2 aromatic heterocycles. The Morgan fingerprint density at radius 1 is 1.36 bits per heavy atom. The standard InChI is InChI=1S/C15H13BrFN3O2/c1-20-8-19-12-4-9(16)5-14(15(12)20)22-7-13(21)11-3-2-10(17)6-18-11/h2-6,8,13,21H,7H2,1H3. The van der Waals surface area contributed by atoms with Crippen molar-refractivity contribution in [2.24, 2.45) is 7.05 Å². The van der Waals surface area contributed by atoms with Gasteiger partial charge in [0.15, 0.2) is 0 Å². The number of rotatable bonds is 4. The Hall–Kier alpha value is -1.99. The summed E-state index contributed by atoms with van der Waals surface area (Å²) in [4.78, 5) is 8.12. The molecule has 0 saturated heterocycles. The number of aliphatic hydroxyl groups excluding tert-OH is 1. The predicted molar refractivity (Wildman–Crippen MR) is 83.1 cm³/mol. The molecule has 5 nitrogen and oxygen atoms in total. The third kappa shape index (κ3) is 2.95. The monoisotopic (exact) mass is 365 g/mol. The number of aromatic nitrogens is 3. The summed E-state index contributed by atoms with van der Waals surface area (Å²) in [5.41, 5.74) is 1.99. The van der Waals surface area contributed by atoms with Crippen molar-refractivity contribution in [2.75, 3.05) is 6.61 Å². The Labute approximate surface area is 134 Å². The molecule has 0 aliphatic carbocycles. The summed E-state index contributed by atoms with van der Waals surface area (Å²) in [6, 6.07) is 6.39. The first-order chi connectivity index (χ1) is 10.5. The molecule has 1 atom stereocenters. The lowest BCUT2D eigenvalue weighted by molar-refractivity contribution is 0.105. The van der Waals surface area contributed by atoms with Gasteiger partial charge in [-0.05, 0) is 24.3 Å². The molecule has 22 heavy (non-hydrogen) atoms. The van der Waals surface area contributed by atoms with Gasteiger partial charge in [-0.3, -0.25) is 4.98 Å². The zero-order valence-electron chi connectivity index (χ0n) is 11.7. The van der Waals surface area contributed by atoms with Crippen LogP contribution in [0.1, 0.15) is 11.8 Å². The molecule has 0 saturated carbocycles. The summed E-state index contributed by atoms with van der Waals surface area (Å²) in [6.45, 7) is 0.00929. The summed E-state index contributed by atoms with van der Waals surface area (Å²) < 4.78 is 21.2. The Kier molecular flexibility index (Phi) is 4.08. The molecule has 3 aromatic rings. The molecule has 1 N–H and O–H groups in total. The summed E-state index contributed by atoms with van der Waals surface area (Å²) in [6.07, 6.45) is 1.82. The van der Waals surface area contributed by atoms with Crippen LogP contribution in [0.5, 0.6) is 5.75 Å². The Bertz CT molecular complexity index is 804. The second-order valence-electron chi connectivity index (χ2n) is 4.86. The van der Waals surface area contributed by atoms with E-state index in [1.54, 1.807) is 6.33 Å². The van der Waals surface area contributed by atoms with Crippen molar-refractivity contribution in [1.29, 1.82) is 0 Å². The summed E-state index contributed by atoms with van der Waals surface area (Å²) in [5.74, 6) is 0.158. The zero-order valence-corrected chi connectivity index (χ0v) is 13.3. The van der Waals surface area contributed by atoms with E-state index in [1.165, 1.54) is 12.1 Å². The molecule has 7 heteroatoms. The second-order valence-corrected chi connectivity index (χ2v) is 5.77. The number of aliphatic hydroxyl groups is 1. The van der Waals surface area contributed by atoms with Gasteiger partial charge in [-0.2, -0.15) is 0 Å². The van der Waals surface area contributed by atoms with Gasteiger partial charge in [0.2, 0.25) is 0 Å². The van der Waals surface area contributed by atoms with Gasteiger partial charge in [-0.1, -0.05) is 15.9 Å². The van der Waals surface area contributed by atoms with Crippen molar-refractivity contribution in [3.05, 3.63) is 52.8 Å². The quantitative estimate of drug-likeness (QED) is 0.771. The van der Waals surface area contributed by atoms with Crippen LogP contribution in [0.15, 0.2) is 41.3 Å². The van der Waals surface area contributed by atoms with E-state index >= 15 is 0 Å². The van der Waals surface area contributed by atoms with E-state index in [2.05, 4.69) is 25.9 Å². The normalized spacial score (nSPS) is 12.5. The SMILES string of the molecule is Cn1cnc2cc(Br)cc(OCC(O)c3ccc(F)cn3)c21. The lowest BCUT2D eigenvalue weighted by Crippen LogP contribution is -2.11. The fraction of sp³-hybridized carbons (Fsp3) is 0.200. The van der Waals surface area contributed by atoms with Crippen LogP contribution in [0.4, 0.5) is 4.39 Å². The molecule has 114 valence electrons. The molecule has 0 amide bonds. The van der Waals surface area contributed by atoms with Crippen LogP contribution in [0.3, 0.4) is 0 Å². The van der Waals surface area contributed by atoms with Gasteiger partial charge in [0.05, 0.1) is 23.7 Å². The number of fused-ring (bicyclic) bond motifs is 1. The number of benzene rings is 1. The van der Waals surface area contributed by atoms with E-state index in [0.717, 1.165) is 21.7 Å². The van der Waals surface area contributed by atoms with Crippen molar-refractivity contribution < 1.29 is 14.2 Å². The van der Waals surface area contributed by atoms with Crippen molar-refractivity contribution in [2.45, 2.75) is 6.10 Å². The smallest absolute Gasteiger partial charge is 0.146 e. The van der Waals surface area contributed by atoms with Crippen molar-refractivity contribution in [3.8, 4) is 5.75 Å². The molecule has 0 fully saturated rings. The van der Waals surface area contributed by atoms with Crippen LogP contribution < -0.4 is 4.74 Å². The average Bonchev–Trinajstić information content (AvgIpc) is 2.86. The van der Waals surface area contributed by atoms with Crippen LogP contribution in [-0.2, 0) is 7.05 Å². The first-order valence-electron chi connectivity index (χ1n) is 6.57. The molecule has 1 aromatic carbocycles. The van der Waals surface area contributed by atoms with Crippen LogP contribution in [0.2, 0.25) is 0 Å². The van der Waals surface area contributed by atoms with Gasteiger partial charge in [-0.15, -0.1) is 0 Å².